The van der Waals surface area contributed by atoms with Crippen molar-refractivity contribution in [2.45, 2.75) is 23.7 Å². The van der Waals surface area contributed by atoms with Crippen LogP contribution in [0.4, 0.5) is 23.2 Å². The van der Waals surface area contributed by atoms with Crippen molar-refractivity contribution in [2.75, 3.05) is 11.9 Å². The van der Waals surface area contributed by atoms with Crippen molar-refractivity contribution in [3.63, 3.8) is 0 Å². The van der Waals surface area contributed by atoms with E-state index in [0.29, 0.717) is 27.9 Å². The number of alkyl halides is 4. The van der Waals surface area contributed by atoms with Gasteiger partial charge >= 0.3 is 12.6 Å². The predicted molar refractivity (Wildman–Crippen MR) is 94.7 cm³/mol. The highest BCUT2D eigenvalue weighted by Crippen LogP contribution is 2.26. The summed E-state index contributed by atoms with van der Waals surface area (Å²) in [5.41, 5.74) is 0.869. The summed E-state index contributed by atoms with van der Waals surface area (Å²) in [6, 6.07) is 11.2. The van der Waals surface area contributed by atoms with Gasteiger partial charge in [-0.15, -0.1) is 0 Å². The zero-order valence-corrected chi connectivity index (χ0v) is 15.1. The third kappa shape index (κ3) is 7.87. The molecule has 0 atom stereocenters. The Bertz CT molecular complexity index is 718. The molecule has 28 heavy (non-hydrogen) atoms. The normalized spacial score (nSPS) is 10.8. The topological polar surface area (TPSA) is 64.6 Å². The summed E-state index contributed by atoms with van der Waals surface area (Å²) >= 11 is 0.384. The lowest BCUT2D eigenvalue weighted by Crippen LogP contribution is -2.21. The van der Waals surface area contributed by atoms with Crippen molar-refractivity contribution < 1.29 is 36.6 Å². The van der Waals surface area contributed by atoms with Crippen LogP contribution in [0.25, 0.3) is 0 Å². The first kappa shape index (κ1) is 21.5. The fourth-order valence-corrected chi connectivity index (χ4v) is 2.57. The van der Waals surface area contributed by atoms with Crippen molar-refractivity contribution >= 4 is 29.3 Å². The zero-order valence-electron chi connectivity index (χ0n) is 14.2. The molecule has 0 fully saturated rings. The van der Waals surface area contributed by atoms with Gasteiger partial charge in [-0.1, -0.05) is 23.9 Å². The van der Waals surface area contributed by atoms with Crippen LogP contribution in [0, 0.1) is 0 Å². The van der Waals surface area contributed by atoms with Crippen molar-refractivity contribution in [1.29, 1.82) is 0 Å². The summed E-state index contributed by atoms with van der Waals surface area (Å²) in [6.07, 6.45) is -0.151. The van der Waals surface area contributed by atoms with Crippen LogP contribution in [0.2, 0.25) is 0 Å². The van der Waals surface area contributed by atoms with Gasteiger partial charge in [-0.2, -0.15) is 17.6 Å². The summed E-state index contributed by atoms with van der Waals surface area (Å²) in [7, 11) is 0. The molecule has 0 saturated heterocycles. The Kier molecular flexibility index (Phi) is 8.12. The third-order valence-corrected chi connectivity index (χ3v) is 3.95. The molecule has 150 valence electrons. The maximum absolute atomic E-state index is 12.2. The number of anilines is 1. The average molecular weight is 417 g/mol. The fraction of sp³-hybridized carbons (Fsp3) is 0.222. The van der Waals surface area contributed by atoms with Gasteiger partial charge < -0.3 is 14.8 Å². The number of benzene rings is 2. The van der Waals surface area contributed by atoms with Crippen LogP contribution < -0.4 is 10.1 Å². The Morgan fingerprint density at radius 2 is 1.61 bits per heavy atom. The number of hydrogen-bond donors (Lipinski definition) is 1. The number of hydrogen-bond acceptors (Lipinski definition) is 5. The van der Waals surface area contributed by atoms with Gasteiger partial charge in [0.05, 0.1) is 6.42 Å². The lowest BCUT2D eigenvalue weighted by molar-refractivity contribution is -0.146. The molecular formula is C18H15F4NO4S. The highest BCUT2D eigenvalue weighted by Gasteiger charge is 2.11. The van der Waals surface area contributed by atoms with Gasteiger partial charge in [0.25, 0.3) is 11.7 Å². The zero-order chi connectivity index (χ0) is 20.5. The van der Waals surface area contributed by atoms with Crippen molar-refractivity contribution in [1.82, 2.24) is 0 Å². The van der Waals surface area contributed by atoms with Crippen LogP contribution in [-0.4, -0.2) is 30.9 Å². The molecule has 0 radical (unpaired) electrons. The molecule has 2 rings (SSSR count). The van der Waals surface area contributed by atoms with Crippen LogP contribution in [0.15, 0.2) is 53.4 Å². The molecule has 0 aromatic heterocycles. The van der Waals surface area contributed by atoms with Gasteiger partial charge in [0.2, 0.25) is 0 Å². The molecule has 2 aromatic rings. The number of ether oxygens (including phenoxy) is 2. The maximum Gasteiger partial charge on any atom is 0.387 e. The SMILES string of the molecule is O=C(COC(=O)Cc1ccc(OC(F)F)cc1)Nc1ccc(SC(F)F)cc1. The minimum Gasteiger partial charge on any atom is -0.455 e. The van der Waals surface area contributed by atoms with E-state index in [4.69, 9.17) is 4.74 Å². The quantitative estimate of drug-likeness (QED) is 0.374. The molecule has 0 aliphatic rings. The summed E-state index contributed by atoms with van der Waals surface area (Å²) < 4.78 is 57.7. The summed E-state index contributed by atoms with van der Waals surface area (Å²) in [5.74, 6) is -3.85. The Labute approximate surface area is 162 Å². The van der Waals surface area contributed by atoms with Crippen molar-refractivity contribution in [3.05, 3.63) is 54.1 Å². The molecule has 5 nitrogen and oxygen atoms in total. The highest BCUT2D eigenvalue weighted by molar-refractivity contribution is 7.99. The fourth-order valence-electron chi connectivity index (χ4n) is 2.07. The molecule has 1 N–H and O–H groups in total. The number of amides is 1. The molecule has 0 aliphatic heterocycles. The number of carbonyl (C=O) groups is 2. The number of thioether (sulfide) groups is 1. The van der Waals surface area contributed by atoms with Gasteiger partial charge in [0, 0.05) is 10.6 Å². The Morgan fingerprint density at radius 1 is 0.964 bits per heavy atom. The molecule has 0 aliphatic carbocycles. The van der Waals surface area contributed by atoms with Gasteiger partial charge in [0.1, 0.15) is 5.75 Å². The summed E-state index contributed by atoms with van der Waals surface area (Å²) in [6.45, 7) is -3.47. The van der Waals surface area contributed by atoms with Crippen LogP contribution in [-0.2, 0) is 20.7 Å². The van der Waals surface area contributed by atoms with Gasteiger partial charge in [-0.25, -0.2) is 0 Å². The highest BCUT2D eigenvalue weighted by atomic mass is 32.2. The van der Waals surface area contributed by atoms with E-state index in [-0.39, 0.29) is 12.2 Å². The predicted octanol–water partition coefficient (Wildman–Crippen LogP) is 4.33. The second-order valence-corrected chi connectivity index (χ2v) is 6.37. The van der Waals surface area contributed by atoms with Gasteiger partial charge in [-0.3, -0.25) is 9.59 Å². The van der Waals surface area contributed by atoms with E-state index in [1.54, 1.807) is 0 Å². The maximum atomic E-state index is 12.2. The molecule has 0 saturated carbocycles. The number of rotatable bonds is 9. The monoisotopic (exact) mass is 417 g/mol. The van der Waals surface area contributed by atoms with E-state index in [9.17, 15) is 27.2 Å². The molecule has 0 heterocycles. The van der Waals surface area contributed by atoms with Gasteiger partial charge in [-0.05, 0) is 42.0 Å². The van der Waals surface area contributed by atoms with Crippen LogP contribution in [0.1, 0.15) is 5.56 Å². The molecule has 2 aromatic carbocycles. The average Bonchev–Trinajstić information content (AvgIpc) is 2.62. The molecule has 0 spiro atoms. The largest absolute Gasteiger partial charge is 0.455 e. The minimum atomic E-state index is -2.94. The molecular weight excluding hydrogens is 402 g/mol. The van der Waals surface area contributed by atoms with Crippen LogP contribution >= 0.6 is 11.8 Å². The first-order chi connectivity index (χ1) is 13.3. The van der Waals surface area contributed by atoms with Crippen molar-refractivity contribution in [3.8, 4) is 5.75 Å². The molecule has 0 unspecified atom stereocenters. The third-order valence-electron chi connectivity index (χ3n) is 3.22. The first-order valence-electron chi connectivity index (χ1n) is 7.86. The lowest BCUT2D eigenvalue weighted by atomic mass is 10.1. The van der Waals surface area contributed by atoms with Crippen molar-refractivity contribution in [2.24, 2.45) is 0 Å². The van der Waals surface area contributed by atoms with Crippen LogP contribution in [0.3, 0.4) is 0 Å². The van der Waals surface area contributed by atoms with E-state index in [0.717, 1.165) is 0 Å². The second-order valence-electron chi connectivity index (χ2n) is 5.31. The minimum absolute atomic E-state index is 0.0375. The lowest BCUT2D eigenvalue weighted by Gasteiger charge is -2.08. The standard InChI is InChI=1S/C18H15F4NO4S/c19-17(20)27-13-5-1-11(2-6-13)9-16(25)26-10-15(24)23-12-3-7-14(8-4-12)28-18(21)22/h1-8,17-18H,9-10H2,(H,23,24). The van der Waals surface area contributed by atoms with Gasteiger partial charge in [0.15, 0.2) is 6.61 Å². The van der Waals surface area contributed by atoms with Crippen LogP contribution in [0.5, 0.6) is 5.75 Å². The van der Waals surface area contributed by atoms with E-state index < -0.39 is 30.9 Å². The summed E-state index contributed by atoms with van der Waals surface area (Å²) in [5, 5.41) is 2.47. The van der Waals surface area contributed by atoms with E-state index in [1.165, 1.54) is 48.5 Å². The molecule has 10 heteroatoms. The van der Waals surface area contributed by atoms with E-state index >= 15 is 0 Å². The Balaban J connectivity index is 1.75. The Morgan fingerprint density at radius 3 is 2.18 bits per heavy atom. The van der Waals surface area contributed by atoms with E-state index in [1.807, 2.05) is 0 Å². The number of nitrogens with one attached hydrogen (secondary N) is 1. The molecule has 0 bridgehead atoms. The number of esters is 1. The summed E-state index contributed by atoms with van der Waals surface area (Å²) in [4.78, 5) is 23.9. The first-order valence-corrected chi connectivity index (χ1v) is 8.74. The number of halogens is 4. The van der Waals surface area contributed by atoms with E-state index in [2.05, 4.69) is 10.1 Å². The smallest absolute Gasteiger partial charge is 0.387 e. The molecule has 1 amide bonds. The second kappa shape index (κ2) is 10.5. The number of carbonyl (C=O) groups excluding carboxylic acids is 2. The Hall–Kier alpha value is -2.75.